The Balaban J connectivity index is 1.77. The maximum absolute atomic E-state index is 12.5. The normalized spacial score (nSPS) is 15.6. The quantitative estimate of drug-likeness (QED) is 0.714. The van der Waals surface area contributed by atoms with E-state index in [-0.39, 0.29) is 18.5 Å². The molecule has 0 fully saturated rings. The zero-order valence-electron chi connectivity index (χ0n) is 16.9. The van der Waals surface area contributed by atoms with Gasteiger partial charge in [0, 0.05) is 4.88 Å². The summed E-state index contributed by atoms with van der Waals surface area (Å²) in [5.74, 6) is 0.667. The van der Waals surface area contributed by atoms with Crippen LogP contribution in [-0.4, -0.2) is 25.1 Å². The molecule has 1 heterocycles. The van der Waals surface area contributed by atoms with Crippen LogP contribution in [-0.2, 0) is 22.4 Å². The zero-order valence-corrected chi connectivity index (χ0v) is 17.7. The van der Waals surface area contributed by atoms with Crippen molar-refractivity contribution in [2.45, 2.75) is 47.0 Å². The van der Waals surface area contributed by atoms with Gasteiger partial charge in [-0.2, -0.15) is 0 Å². The fraction of sp³-hybridized carbons (Fsp3) is 0.455. The number of esters is 1. The second kappa shape index (κ2) is 8.78. The fourth-order valence-electron chi connectivity index (χ4n) is 3.59. The van der Waals surface area contributed by atoms with Gasteiger partial charge < -0.3 is 14.8 Å². The molecular weight excluding hydrogens is 374 g/mol. The van der Waals surface area contributed by atoms with Crippen molar-refractivity contribution >= 4 is 28.2 Å². The molecule has 1 atom stereocenters. The van der Waals surface area contributed by atoms with Crippen molar-refractivity contribution in [1.82, 2.24) is 0 Å². The lowest BCUT2D eigenvalue weighted by Gasteiger charge is -2.18. The summed E-state index contributed by atoms with van der Waals surface area (Å²) < 4.78 is 11.0. The lowest BCUT2D eigenvalue weighted by atomic mass is 9.88. The van der Waals surface area contributed by atoms with Crippen LogP contribution in [0.2, 0.25) is 0 Å². The number of hydrogen-bond donors (Lipinski definition) is 1. The van der Waals surface area contributed by atoms with Gasteiger partial charge in [0.15, 0.2) is 6.61 Å². The number of fused-ring (bicyclic) bond motifs is 1. The van der Waals surface area contributed by atoms with Gasteiger partial charge in [0.1, 0.15) is 10.8 Å². The summed E-state index contributed by atoms with van der Waals surface area (Å²) in [6, 6.07) is 5.86. The Morgan fingerprint density at radius 1 is 1.25 bits per heavy atom. The highest BCUT2D eigenvalue weighted by Gasteiger charge is 2.29. The van der Waals surface area contributed by atoms with Gasteiger partial charge in [-0.25, -0.2) is 4.79 Å². The minimum absolute atomic E-state index is 0.104. The summed E-state index contributed by atoms with van der Waals surface area (Å²) >= 11 is 1.49. The molecule has 1 aliphatic carbocycles. The molecule has 0 bridgehead atoms. The first-order valence-corrected chi connectivity index (χ1v) is 10.5. The Labute approximate surface area is 170 Å². The predicted octanol–water partition coefficient (Wildman–Crippen LogP) is 4.68. The molecule has 2 aromatic rings. The summed E-state index contributed by atoms with van der Waals surface area (Å²) in [7, 11) is 0. The first kappa shape index (κ1) is 20.4. The van der Waals surface area contributed by atoms with Crippen molar-refractivity contribution in [2.24, 2.45) is 5.92 Å². The van der Waals surface area contributed by atoms with Crippen LogP contribution in [0.15, 0.2) is 18.2 Å². The Hall–Kier alpha value is -2.34. The number of amides is 1. The van der Waals surface area contributed by atoms with Gasteiger partial charge in [0.2, 0.25) is 0 Å². The van der Waals surface area contributed by atoms with Crippen LogP contribution in [0, 0.1) is 19.8 Å². The van der Waals surface area contributed by atoms with Gasteiger partial charge in [-0.3, -0.25) is 4.79 Å². The molecular formula is C22H27NO4S. The number of ether oxygens (including phenoxy) is 2. The van der Waals surface area contributed by atoms with Gasteiger partial charge in [-0.1, -0.05) is 25.1 Å². The number of aryl methyl sites for hydroxylation is 2. The molecule has 1 aliphatic rings. The Bertz CT molecular complexity index is 867. The van der Waals surface area contributed by atoms with E-state index in [1.54, 1.807) is 6.92 Å². The van der Waals surface area contributed by atoms with E-state index in [0.717, 1.165) is 41.7 Å². The lowest BCUT2D eigenvalue weighted by Crippen LogP contribution is -2.22. The number of nitrogens with one attached hydrogen (secondary N) is 1. The number of carbonyl (C=O) groups is 2. The summed E-state index contributed by atoms with van der Waals surface area (Å²) in [5.41, 5.74) is 3.53. The number of anilines is 1. The molecule has 150 valence electrons. The van der Waals surface area contributed by atoms with Crippen LogP contribution in [0.25, 0.3) is 0 Å². The van der Waals surface area contributed by atoms with Crippen LogP contribution in [0.1, 0.15) is 52.2 Å². The molecule has 6 heteroatoms. The highest BCUT2D eigenvalue weighted by atomic mass is 32.1. The third-order valence-electron chi connectivity index (χ3n) is 5.00. The van der Waals surface area contributed by atoms with Gasteiger partial charge in [0.05, 0.1) is 12.2 Å². The largest absolute Gasteiger partial charge is 0.483 e. The highest BCUT2D eigenvalue weighted by Crippen LogP contribution is 2.40. The standard InChI is InChI=1S/C22H27NO4S/c1-5-26-22(25)19-16-10-9-13(2)11-17(16)28-21(19)23-18(24)12-27-20-14(3)7-6-8-15(20)4/h6-8,13H,5,9-12H2,1-4H3,(H,23,24). The van der Waals surface area contributed by atoms with E-state index < -0.39 is 0 Å². The third-order valence-corrected chi connectivity index (χ3v) is 6.17. The lowest BCUT2D eigenvalue weighted by molar-refractivity contribution is -0.118. The Kier molecular flexibility index (Phi) is 6.39. The van der Waals surface area contributed by atoms with E-state index in [1.165, 1.54) is 16.2 Å². The van der Waals surface area contributed by atoms with E-state index in [1.807, 2.05) is 32.0 Å². The Morgan fingerprint density at radius 3 is 2.64 bits per heavy atom. The van der Waals surface area contributed by atoms with Crippen LogP contribution in [0.4, 0.5) is 5.00 Å². The molecule has 1 amide bonds. The summed E-state index contributed by atoms with van der Waals surface area (Å²) in [6.45, 7) is 8.11. The minimum atomic E-state index is -0.361. The SMILES string of the molecule is CCOC(=O)c1c(NC(=O)COc2c(C)cccc2C)sc2c1CCC(C)C2. The maximum Gasteiger partial charge on any atom is 0.341 e. The van der Waals surface area contributed by atoms with Crippen LogP contribution in [0.5, 0.6) is 5.75 Å². The molecule has 0 aliphatic heterocycles. The number of para-hydroxylation sites is 1. The molecule has 1 aromatic heterocycles. The van der Waals surface area contributed by atoms with Gasteiger partial charge >= 0.3 is 5.97 Å². The van der Waals surface area contributed by atoms with Crippen molar-refractivity contribution in [3.05, 3.63) is 45.3 Å². The van der Waals surface area contributed by atoms with Crippen LogP contribution < -0.4 is 10.1 Å². The fourth-order valence-corrected chi connectivity index (χ4v) is 5.00. The monoisotopic (exact) mass is 401 g/mol. The topological polar surface area (TPSA) is 64.6 Å². The molecule has 0 spiro atoms. The van der Waals surface area contributed by atoms with E-state index in [0.29, 0.717) is 23.1 Å². The minimum Gasteiger partial charge on any atom is -0.483 e. The molecule has 3 rings (SSSR count). The van der Waals surface area contributed by atoms with Crippen molar-refractivity contribution in [3.63, 3.8) is 0 Å². The van der Waals surface area contributed by atoms with E-state index in [9.17, 15) is 9.59 Å². The number of hydrogen-bond acceptors (Lipinski definition) is 5. The zero-order chi connectivity index (χ0) is 20.3. The van der Waals surface area contributed by atoms with E-state index in [4.69, 9.17) is 9.47 Å². The summed E-state index contributed by atoms with van der Waals surface area (Å²) in [4.78, 5) is 26.2. The summed E-state index contributed by atoms with van der Waals surface area (Å²) in [6.07, 6.45) is 2.82. The van der Waals surface area contributed by atoms with Gasteiger partial charge in [-0.05, 0) is 62.6 Å². The third kappa shape index (κ3) is 4.38. The van der Waals surface area contributed by atoms with Crippen molar-refractivity contribution in [2.75, 3.05) is 18.5 Å². The first-order chi connectivity index (χ1) is 13.4. The molecule has 28 heavy (non-hydrogen) atoms. The average Bonchev–Trinajstić information content (AvgIpc) is 2.98. The van der Waals surface area contributed by atoms with Crippen molar-refractivity contribution in [1.29, 1.82) is 0 Å². The number of carbonyl (C=O) groups excluding carboxylic acids is 2. The van der Waals surface area contributed by atoms with Gasteiger partial charge in [0.25, 0.3) is 5.91 Å². The molecule has 1 aromatic carbocycles. The molecule has 0 saturated heterocycles. The maximum atomic E-state index is 12.5. The van der Waals surface area contributed by atoms with Gasteiger partial charge in [-0.15, -0.1) is 11.3 Å². The van der Waals surface area contributed by atoms with Crippen LogP contribution in [0.3, 0.4) is 0 Å². The molecule has 0 saturated carbocycles. The second-order valence-electron chi connectivity index (χ2n) is 7.33. The molecule has 1 N–H and O–H groups in total. The number of benzene rings is 1. The van der Waals surface area contributed by atoms with E-state index in [2.05, 4.69) is 12.2 Å². The smallest absolute Gasteiger partial charge is 0.341 e. The number of thiophene rings is 1. The molecule has 0 radical (unpaired) electrons. The van der Waals surface area contributed by atoms with E-state index >= 15 is 0 Å². The molecule has 5 nitrogen and oxygen atoms in total. The first-order valence-electron chi connectivity index (χ1n) is 9.71. The predicted molar refractivity (Wildman–Crippen MR) is 112 cm³/mol. The highest BCUT2D eigenvalue weighted by molar-refractivity contribution is 7.17. The molecule has 1 unspecified atom stereocenters. The average molecular weight is 402 g/mol. The van der Waals surface area contributed by atoms with Crippen LogP contribution >= 0.6 is 11.3 Å². The summed E-state index contributed by atoms with van der Waals surface area (Å²) in [5, 5.41) is 3.46. The number of rotatable bonds is 6. The van der Waals surface area contributed by atoms with Crippen molar-refractivity contribution in [3.8, 4) is 5.75 Å². The van der Waals surface area contributed by atoms with Crippen molar-refractivity contribution < 1.29 is 19.1 Å². The Morgan fingerprint density at radius 2 is 1.96 bits per heavy atom. The second-order valence-corrected chi connectivity index (χ2v) is 8.44.